The Morgan fingerprint density at radius 3 is 1.74 bits per heavy atom. The molecule has 0 bridgehead atoms. The largest absolute Gasteiger partial charge is 0.0651 e. The highest BCUT2D eigenvalue weighted by atomic mass is 14.7. The second-order valence-corrected chi connectivity index (χ2v) is 20.4. The Balaban J connectivity index is 1.22. The van der Waals surface area contributed by atoms with Gasteiger partial charge in [0.25, 0.3) is 0 Å². The van der Waals surface area contributed by atoms with Crippen LogP contribution in [-0.2, 0) is 0 Å². The fourth-order valence-electron chi connectivity index (χ4n) is 18.0. The lowest BCUT2D eigenvalue weighted by atomic mass is 9.46. The molecule has 15 unspecified atom stereocenters. The highest BCUT2D eigenvalue weighted by molar-refractivity contribution is 5.18. The minimum absolute atomic E-state index is 0.697. The minimum atomic E-state index is 0.697. The predicted molar refractivity (Wildman–Crippen MR) is 196 cm³/mol. The van der Waals surface area contributed by atoms with Crippen LogP contribution in [0.4, 0.5) is 0 Å². The summed E-state index contributed by atoms with van der Waals surface area (Å²) in [4.78, 5) is 0. The van der Waals surface area contributed by atoms with Crippen molar-refractivity contribution in [2.45, 2.75) is 176 Å². The fourth-order valence-corrected chi connectivity index (χ4v) is 18.0. The van der Waals surface area contributed by atoms with Crippen molar-refractivity contribution in [3.8, 4) is 0 Å². The van der Waals surface area contributed by atoms with Crippen molar-refractivity contribution in [1.82, 2.24) is 0 Å². The summed E-state index contributed by atoms with van der Waals surface area (Å²) in [6.45, 7) is 15.6. The first-order valence-corrected chi connectivity index (χ1v) is 22.4. The Morgan fingerprint density at radius 2 is 1.09 bits per heavy atom. The lowest BCUT2D eigenvalue weighted by Gasteiger charge is -2.59. The van der Waals surface area contributed by atoms with E-state index in [1.165, 1.54) is 25.7 Å². The maximum Gasteiger partial charge on any atom is -0.0227 e. The topological polar surface area (TPSA) is 0 Å². The second kappa shape index (κ2) is 13.3. The Morgan fingerprint density at radius 1 is 0.500 bits per heavy atom. The molecule has 8 aliphatic carbocycles. The first kappa shape index (κ1) is 33.2. The molecular formula is C46H78. The van der Waals surface area contributed by atoms with Crippen LogP contribution in [0.5, 0.6) is 0 Å². The van der Waals surface area contributed by atoms with E-state index in [0.717, 1.165) is 107 Å². The van der Waals surface area contributed by atoms with E-state index in [4.69, 9.17) is 0 Å². The first-order chi connectivity index (χ1) is 22.4. The van der Waals surface area contributed by atoms with Gasteiger partial charge < -0.3 is 0 Å². The van der Waals surface area contributed by atoms with E-state index in [2.05, 4.69) is 41.5 Å². The summed E-state index contributed by atoms with van der Waals surface area (Å²) in [5.74, 6) is 19.2. The molecule has 0 aromatic carbocycles. The normalized spacial score (nSPS) is 51.5. The minimum Gasteiger partial charge on any atom is -0.0651 e. The van der Waals surface area contributed by atoms with Gasteiger partial charge in [-0.15, -0.1) is 0 Å². The quantitative estimate of drug-likeness (QED) is 0.262. The molecule has 0 amide bonds. The van der Waals surface area contributed by atoms with Crippen molar-refractivity contribution in [1.29, 1.82) is 0 Å². The predicted octanol–water partition coefficient (Wildman–Crippen LogP) is 13.5. The van der Waals surface area contributed by atoms with Crippen molar-refractivity contribution >= 4 is 0 Å². The summed E-state index contributed by atoms with van der Waals surface area (Å²) in [7, 11) is 0. The van der Waals surface area contributed by atoms with Gasteiger partial charge in [-0.1, -0.05) is 99.3 Å². The maximum atomic E-state index is 2.66. The van der Waals surface area contributed by atoms with Crippen LogP contribution in [0, 0.1) is 112 Å². The van der Waals surface area contributed by atoms with Gasteiger partial charge in [-0.25, -0.2) is 0 Å². The van der Waals surface area contributed by atoms with E-state index < -0.39 is 0 Å². The molecule has 0 aliphatic heterocycles. The average Bonchev–Trinajstić information content (AvgIpc) is 3.59. The van der Waals surface area contributed by atoms with Crippen LogP contribution < -0.4 is 0 Å². The summed E-state index contributed by atoms with van der Waals surface area (Å²) >= 11 is 0. The molecule has 8 rings (SSSR count). The zero-order valence-corrected chi connectivity index (χ0v) is 31.7. The molecule has 8 fully saturated rings. The summed E-state index contributed by atoms with van der Waals surface area (Å²) in [6, 6.07) is 0. The van der Waals surface area contributed by atoms with Gasteiger partial charge in [0.15, 0.2) is 0 Å². The fraction of sp³-hybridized carbons (Fsp3) is 1.00. The third-order valence-corrected chi connectivity index (χ3v) is 19.3. The molecule has 0 heteroatoms. The van der Waals surface area contributed by atoms with Crippen LogP contribution in [0.25, 0.3) is 0 Å². The van der Waals surface area contributed by atoms with Gasteiger partial charge in [-0.2, -0.15) is 0 Å². The Bertz CT molecular complexity index is 995. The van der Waals surface area contributed by atoms with Crippen molar-refractivity contribution in [2.24, 2.45) is 112 Å². The molecule has 0 aromatic rings. The smallest absolute Gasteiger partial charge is 0.0227 e. The summed E-state index contributed by atoms with van der Waals surface area (Å²) < 4.78 is 0. The van der Waals surface area contributed by atoms with Crippen LogP contribution in [0.1, 0.15) is 176 Å². The van der Waals surface area contributed by atoms with Crippen LogP contribution in [0.3, 0.4) is 0 Å². The molecule has 8 aliphatic rings. The molecule has 46 heavy (non-hydrogen) atoms. The molecule has 8 saturated carbocycles. The molecule has 262 valence electrons. The van der Waals surface area contributed by atoms with E-state index >= 15 is 0 Å². The summed E-state index contributed by atoms with van der Waals surface area (Å²) in [5, 5.41) is 0. The molecule has 0 nitrogen and oxygen atoms in total. The van der Waals surface area contributed by atoms with E-state index in [0.29, 0.717) is 5.41 Å². The third-order valence-electron chi connectivity index (χ3n) is 19.3. The van der Waals surface area contributed by atoms with Gasteiger partial charge in [0.1, 0.15) is 0 Å². The molecule has 1 spiro atoms. The van der Waals surface area contributed by atoms with Gasteiger partial charge in [0.2, 0.25) is 0 Å². The molecule has 0 saturated heterocycles. The van der Waals surface area contributed by atoms with Crippen molar-refractivity contribution < 1.29 is 0 Å². The van der Waals surface area contributed by atoms with Gasteiger partial charge >= 0.3 is 0 Å². The van der Waals surface area contributed by atoms with E-state index in [-0.39, 0.29) is 0 Å². The van der Waals surface area contributed by atoms with Gasteiger partial charge in [0.05, 0.1) is 0 Å². The van der Waals surface area contributed by atoms with Crippen molar-refractivity contribution in [3.63, 3.8) is 0 Å². The Labute approximate surface area is 287 Å². The zero-order valence-electron chi connectivity index (χ0n) is 31.7. The average molecular weight is 631 g/mol. The van der Waals surface area contributed by atoms with Crippen LogP contribution in [-0.4, -0.2) is 0 Å². The number of fused-ring (bicyclic) bond motifs is 13. The molecule has 0 N–H and O–H groups in total. The molecule has 0 heterocycles. The van der Waals surface area contributed by atoms with Gasteiger partial charge in [0, 0.05) is 0 Å². The summed E-state index contributed by atoms with van der Waals surface area (Å²) in [5.41, 5.74) is 0.697. The molecule has 0 aromatic heterocycles. The van der Waals surface area contributed by atoms with Crippen LogP contribution >= 0.6 is 0 Å². The van der Waals surface area contributed by atoms with E-state index in [9.17, 15) is 0 Å². The Kier molecular flexibility index (Phi) is 9.57. The number of rotatable bonds is 7. The number of hydrogen-bond donors (Lipinski definition) is 0. The monoisotopic (exact) mass is 631 g/mol. The number of hydrogen-bond acceptors (Lipinski definition) is 0. The lowest BCUT2D eigenvalue weighted by Crippen LogP contribution is -2.51. The van der Waals surface area contributed by atoms with E-state index in [1.54, 1.807) is 109 Å². The standard InChI is InChI=1S/C46H78/c1-7-29(8-2)32-23-33(30(9-3)10-4)27-46(26-32)43-22-21-37-36-20-19-31-15-11-12-16-34(31)40(36)25-41(37)44(43)42-24-39(28(5)6)35-17-13-14-18-38(35)45(42)46/h28-45H,7-27H2,1-6H3. The van der Waals surface area contributed by atoms with Gasteiger partial charge in [-0.05, 0) is 189 Å². The highest BCUT2D eigenvalue weighted by Gasteiger charge is 2.70. The van der Waals surface area contributed by atoms with E-state index in [1.807, 2.05) is 0 Å². The van der Waals surface area contributed by atoms with Crippen LogP contribution in [0.2, 0.25) is 0 Å². The molecule has 0 radical (unpaired) electrons. The highest BCUT2D eigenvalue weighted by Crippen LogP contribution is 2.77. The SMILES string of the molecule is CCC(CC)C1CC(C(CC)CC)CC2(C1)C1CCC3C4CCC5CCCCC5C4CC3C1C1CC(C(C)C)C3CCCCC3C12. The second-order valence-electron chi connectivity index (χ2n) is 20.4. The van der Waals surface area contributed by atoms with Crippen molar-refractivity contribution in [3.05, 3.63) is 0 Å². The van der Waals surface area contributed by atoms with Crippen molar-refractivity contribution in [2.75, 3.05) is 0 Å². The molecule has 15 atom stereocenters. The zero-order chi connectivity index (χ0) is 31.7. The Hall–Kier alpha value is 0. The first-order valence-electron chi connectivity index (χ1n) is 22.4. The summed E-state index contributed by atoms with van der Waals surface area (Å²) in [6.07, 6.45) is 33.2. The lowest BCUT2D eigenvalue weighted by molar-refractivity contribution is -0.0976. The maximum absolute atomic E-state index is 2.66. The van der Waals surface area contributed by atoms with Crippen LogP contribution in [0.15, 0.2) is 0 Å². The molecular weight excluding hydrogens is 553 g/mol. The third kappa shape index (κ3) is 5.12. The van der Waals surface area contributed by atoms with Gasteiger partial charge in [-0.3, -0.25) is 0 Å².